The molecule has 1 fully saturated rings. The Hall–Kier alpha value is -3.30. The predicted molar refractivity (Wildman–Crippen MR) is 137 cm³/mol. The smallest absolute Gasteiger partial charge is 0.352 e. The predicted octanol–water partition coefficient (Wildman–Crippen LogP) is 0.458. The molecule has 0 spiro atoms. The van der Waals surface area contributed by atoms with Crippen LogP contribution in [0.1, 0.15) is 12.6 Å². The molecular formula is C21H24N7O5S3+. The summed E-state index contributed by atoms with van der Waals surface area (Å²) in [4.78, 5) is 48.9. The zero-order valence-electron chi connectivity index (χ0n) is 19.3. The van der Waals surface area contributed by atoms with Crippen LogP contribution in [0.3, 0.4) is 0 Å². The molecule has 2 amide bonds. The summed E-state index contributed by atoms with van der Waals surface area (Å²) in [6, 6.07) is 2.96. The number of hydrogen-bond donors (Lipinski definition) is 4. The number of carbonyl (C=O) groups excluding carboxylic acids is 2. The lowest BCUT2D eigenvalue weighted by atomic mass is 10.0. The quantitative estimate of drug-likeness (QED) is 0.107. The van der Waals surface area contributed by atoms with Crippen LogP contribution in [0.5, 0.6) is 0 Å². The first-order valence-corrected chi connectivity index (χ1v) is 13.7. The van der Waals surface area contributed by atoms with E-state index in [1.165, 1.54) is 35.5 Å². The monoisotopic (exact) mass is 550 g/mol. The Morgan fingerprint density at radius 1 is 1.42 bits per heavy atom. The van der Waals surface area contributed by atoms with E-state index >= 15 is 0 Å². The molecule has 12 nitrogen and oxygen atoms in total. The minimum atomic E-state index is -1.17. The van der Waals surface area contributed by atoms with Gasteiger partial charge in [0.25, 0.3) is 11.8 Å². The van der Waals surface area contributed by atoms with Gasteiger partial charge >= 0.3 is 5.97 Å². The fourth-order valence-corrected chi connectivity index (χ4v) is 6.58. The summed E-state index contributed by atoms with van der Waals surface area (Å²) in [5, 5.41) is 17.5. The van der Waals surface area contributed by atoms with Crippen LogP contribution in [0.25, 0.3) is 0 Å². The number of nitrogens with zero attached hydrogens (tertiary/aromatic N) is 4. The number of anilines is 1. The summed E-state index contributed by atoms with van der Waals surface area (Å²) < 4.78 is 1.84. The molecule has 2 aromatic heterocycles. The van der Waals surface area contributed by atoms with Crippen molar-refractivity contribution in [1.29, 1.82) is 0 Å². The maximum absolute atomic E-state index is 13.0. The van der Waals surface area contributed by atoms with Gasteiger partial charge in [-0.2, -0.15) is 5.43 Å². The molecule has 2 aromatic rings. The standard InChI is InChI=1S/C21H23N7O5S3/c1-3-23-27-6-4-12(5-7-27)34-8-11-9-35-19-15(18(30)28(19)16(11)20(31)32)25-17(29)14(26-33-2)13-10-36-21(22)24-13/h4-7,10,15,19,23H,3,8-9H2,1-2H3,(H3-,22,24,25,29,31,32)/p+1/b26-14-/t15-,19-/m1/s1. The Morgan fingerprint density at radius 2 is 2.17 bits per heavy atom. The number of hydrogen-bond acceptors (Lipinski definition) is 11. The van der Waals surface area contributed by atoms with Gasteiger partial charge in [0.15, 0.2) is 10.8 Å². The molecule has 0 unspecified atom stereocenters. The average molecular weight is 551 g/mol. The van der Waals surface area contributed by atoms with Gasteiger partial charge in [0.2, 0.25) is 12.4 Å². The van der Waals surface area contributed by atoms with Crippen molar-refractivity contribution < 1.29 is 29.0 Å². The summed E-state index contributed by atoms with van der Waals surface area (Å²) in [5.74, 6) is -1.50. The van der Waals surface area contributed by atoms with Crippen LogP contribution in [-0.4, -0.2) is 75.1 Å². The number of fused-ring (bicyclic) bond motifs is 1. The van der Waals surface area contributed by atoms with Gasteiger partial charge in [-0.05, 0) is 12.5 Å². The molecule has 0 bridgehead atoms. The lowest BCUT2D eigenvalue weighted by Crippen LogP contribution is -2.71. The Bertz CT molecular complexity index is 1230. The lowest BCUT2D eigenvalue weighted by Gasteiger charge is -2.49. The first-order valence-electron chi connectivity index (χ1n) is 10.7. The van der Waals surface area contributed by atoms with Crippen LogP contribution in [0.15, 0.2) is 51.2 Å². The third-order valence-corrected chi connectivity index (χ3v) is 8.36. The highest BCUT2D eigenvalue weighted by Gasteiger charge is 2.54. The van der Waals surface area contributed by atoms with Crippen molar-refractivity contribution in [3.8, 4) is 0 Å². The Morgan fingerprint density at radius 3 is 2.78 bits per heavy atom. The van der Waals surface area contributed by atoms with E-state index < -0.39 is 29.2 Å². The topological polar surface area (TPSA) is 163 Å². The molecule has 2 aliphatic rings. The largest absolute Gasteiger partial charge is 0.477 e. The molecule has 0 radical (unpaired) electrons. The molecule has 4 rings (SSSR count). The normalized spacial score (nSPS) is 19.4. The van der Waals surface area contributed by atoms with Gasteiger partial charge in [0.05, 0.1) is 6.54 Å². The number of β-lactam (4-membered cyclic amide) rings is 1. The number of nitrogens with one attached hydrogen (secondary N) is 2. The number of nitrogens with two attached hydrogens (primary N) is 1. The molecule has 0 aliphatic carbocycles. The van der Waals surface area contributed by atoms with Crippen molar-refractivity contribution in [3.05, 3.63) is 46.9 Å². The second kappa shape index (κ2) is 11.2. The minimum absolute atomic E-state index is 0.0292. The van der Waals surface area contributed by atoms with Gasteiger partial charge in [-0.3, -0.25) is 14.5 Å². The number of carbonyl (C=O) groups is 3. The van der Waals surface area contributed by atoms with E-state index in [2.05, 4.69) is 20.9 Å². The number of aliphatic carboxylic acids is 1. The number of thiazole rings is 1. The number of thioether (sulfide) groups is 2. The van der Waals surface area contributed by atoms with Crippen LogP contribution < -0.4 is 21.2 Å². The van der Waals surface area contributed by atoms with Gasteiger partial charge in [-0.1, -0.05) is 9.83 Å². The van der Waals surface area contributed by atoms with E-state index in [-0.39, 0.29) is 22.2 Å². The maximum atomic E-state index is 13.0. The first-order chi connectivity index (χ1) is 17.3. The van der Waals surface area contributed by atoms with Crippen LogP contribution in [-0.2, 0) is 19.2 Å². The van der Waals surface area contributed by atoms with Gasteiger partial charge < -0.3 is 21.0 Å². The number of carboxylic acid groups (broad SMARTS) is 1. The average Bonchev–Trinajstić information content (AvgIpc) is 3.30. The van der Waals surface area contributed by atoms with Crippen molar-refractivity contribution in [3.63, 3.8) is 0 Å². The number of aromatic nitrogens is 2. The molecule has 36 heavy (non-hydrogen) atoms. The van der Waals surface area contributed by atoms with Crippen molar-refractivity contribution in [2.24, 2.45) is 5.16 Å². The van der Waals surface area contributed by atoms with E-state index in [1.807, 2.05) is 36.1 Å². The third kappa shape index (κ3) is 5.27. The number of rotatable bonds is 10. The Kier molecular flexibility index (Phi) is 8.01. The molecule has 15 heteroatoms. The molecular weight excluding hydrogens is 526 g/mol. The van der Waals surface area contributed by atoms with Gasteiger partial charge in [-0.15, -0.1) is 34.9 Å². The van der Waals surface area contributed by atoms with E-state index in [9.17, 15) is 19.5 Å². The van der Waals surface area contributed by atoms with E-state index in [0.29, 0.717) is 17.1 Å². The Labute approximate surface area is 218 Å². The molecule has 5 N–H and O–H groups in total. The highest BCUT2D eigenvalue weighted by Crippen LogP contribution is 2.41. The molecule has 0 aromatic carbocycles. The third-order valence-electron chi connectivity index (χ3n) is 5.25. The maximum Gasteiger partial charge on any atom is 0.352 e. The first kappa shape index (κ1) is 25.8. The highest BCUT2D eigenvalue weighted by molar-refractivity contribution is 8.01. The Balaban J connectivity index is 1.45. The summed E-state index contributed by atoms with van der Waals surface area (Å²) in [6.45, 7) is 2.79. The van der Waals surface area contributed by atoms with Crippen molar-refractivity contribution >= 4 is 63.5 Å². The van der Waals surface area contributed by atoms with E-state index in [0.717, 1.165) is 22.8 Å². The van der Waals surface area contributed by atoms with Crippen molar-refractivity contribution in [2.75, 3.05) is 36.3 Å². The van der Waals surface area contributed by atoms with Gasteiger partial charge in [0, 0.05) is 33.9 Å². The fourth-order valence-electron chi connectivity index (χ4n) is 3.66. The van der Waals surface area contributed by atoms with Crippen molar-refractivity contribution in [1.82, 2.24) is 15.2 Å². The van der Waals surface area contributed by atoms with Crippen molar-refractivity contribution in [2.45, 2.75) is 23.2 Å². The second-order valence-electron chi connectivity index (χ2n) is 7.55. The second-order valence-corrected chi connectivity index (χ2v) is 10.6. The van der Waals surface area contributed by atoms with Crippen LogP contribution in [0, 0.1) is 0 Å². The van der Waals surface area contributed by atoms with Crippen LogP contribution >= 0.6 is 34.9 Å². The summed E-state index contributed by atoms with van der Waals surface area (Å²) in [5.41, 5.74) is 9.51. The van der Waals surface area contributed by atoms with E-state index in [1.54, 1.807) is 5.38 Å². The van der Waals surface area contributed by atoms with Crippen LogP contribution in [0.2, 0.25) is 0 Å². The SMILES string of the molecule is CCN[n+]1ccc(SCC2=C(C(=O)O)N3C(=O)[C@@H](NC(=O)/C(=N\OC)c4csc(N)n4)[C@H]3SC2)cc1. The highest BCUT2D eigenvalue weighted by atomic mass is 32.2. The van der Waals surface area contributed by atoms with Gasteiger partial charge in [-0.25, -0.2) is 9.78 Å². The number of pyridine rings is 1. The molecule has 1 saturated heterocycles. The van der Waals surface area contributed by atoms with E-state index in [4.69, 9.17) is 10.6 Å². The molecule has 4 heterocycles. The number of amides is 2. The lowest BCUT2D eigenvalue weighted by molar-refractivity contribution is -0.650. The number of oxime groups is 1. The molecule has 190 valence electrons. The molecule has 2 atom stereocenters. The van der Waals surface area contributed by atoms with Crippen LogP contribution in [0.4, 0.5) is 5.13 Å². The number of nitrogen functional groups attached to an aromatic ring is 1. The summed E-state index contributed by atoms with van der Waals surface area (Å²) >= 11 is 4.03. The summed E-state index contributed by atoms with van der Waals surface area (Å²) in [6.07, 6.45) is 3.77. The summed E-state index contributed by atoms with van der Waals surface area (Å²) in [7, 11) is 1.29. The molecule has 2 aliphatic heterocycles. The molecule has 0 saturated carbocycles. The zero-order valence-corrected chi connectivity index (χ0v) is 21.8. The fraction of sp³-hybridized carbons (Fsp3) is 0.333. The zero-order chi connectivity index (χ0) is 25.8. The number of carboxylic acids is 1. The van der Waals surface area contributed by atoms with Gasteiger partial charge in [0.1, 0.15) is 29.9 Å². The minimum Gasteiger partial charge on any atom is -0.477 e.